The van der Waals surface area contributed by atoms with E-state index in [9.17, 15) is 24.1 Å². The van der Waals surface area contributed by atoms with Crippen molar-refractivity contribution in [3.05, 3.63) is 88.0 Å². The van der Waals surface area contributed by atoms with Crippen LogP contribution in [-0.4, -0.2) is 63.4 Å². The molecule has 2 heterocycles. The summed E-state index contributed by atoms with van der Waals surface area (Å²) in [5.41, 5.74) is 1.42. The van der Waals surface area contributed by atoms with Crippen LogP contribution in [0.5, 0.6) is 5.75 Å². The molecule has 3 N–H and O–H groups in total. The lowest BCUT2D eigenvalue weighted by Crippen LogP contribution is -2.42. The van der Waals surface area contributed by atoms with E-state index < -0.39 is 68.4 Å². The first kappa shape index (κ1) is 34.3. The van der Waals surface area contributed by atoms with Crippen molar-refractivity contribution in [3.8, 4) is 5.75 Å². The molecule has 1 amide bonds. The van der Waals surface area contributed by atoms with E-state index in [1.807, 2.05) is 6.07 Å². The van der Waals surface area contributed by atoms with Gasteiger partial charge >= 0.3 is 25.3 Å². The van der Waals surface area contributed by atoms with Gasteiger partial charge in [-0.2, -0.15) is 18.9 Å². The smallest absolute Gasteiger partial charge is 0.459 e. The van der Waals surface area contributed by atoms with Crippen LogP contribution in [0.2, 0.25) is 0 Å². The van der Waals surface area contributed by atoms with Gasteiger partial charge in [0.15, 0.2) is 6.10 Å². The van der Waals surface area contributed by atoms with Crippen LogP contribution in [0.25, 0.3) is 0 Å². The summed E-state index contributed by atoms with van der Waals surface area (Å²) in [5, 5.41) is 15.4. The van der Waals surface area contributed by atoms with Gasteiger partial charge in [0.25, 0.3) is 5.91 Å². The van der Waals surface area contributed by atoms with Gasteiger partial charge in [-0.05, 0) is 81.5 Å². The number of hydrogen-bond acceptors (Lipinski definition) is 10. The molecule has 1 aliphatic carbocycles. The van der Waals surface area contributed by atoms with Crippen LogP contribution in [0.4, 0.5) is 14.6 Å². The number of fused-ring (bicyclic) bond motifs is 1. The lowest BCUT2D eigenvalue weighted by Gasteiger charge is -2.25. The van der Waals surface area contributed by atoms with Gasteiger partial charge < -0.3 is 24.4 Å². The number of nitrogens with zero attached hydrogens (tertiary/aromatic N) is 2. The van der Waals surface area contributed by atoms with Crippen molar-refractivity contribution in [2.45, 2.75) is 76.5 Å². The maximum absolute atomic E-state index is 15.3. The summed E-state index contributed by atoms with van der Waals surface area (Å²) in [4.78, 5) is 41.7. The Morgan fingerprint density at radius 1 is 1.13 bits per heavy atom. The molecule has 0 bridgehead atoms. The minimum atomic E-state index is -4.48. The van der Waals surface area contributed by atoms with E-state index in [1.54, 1.807) is 44.2 Å². The molecule has 5 rings (SSSR count). The van der Waals surface area contributed by atoms with E-state index in [1.165, 1.54) is 24.6 Å². The number of amides is 1. The molecule has 2 aromatic carbocycles. The third kappa shape index (κ3) is 7.94. The Morgan fingerprint density at radius 3 is 2.55 bits per heavy atom. The number of anilines is 1. The minimum absolute atomic E-state index is 0.0739. The predicted molar refractivity (Wildman–Crippen MR) is 164 cm³/mol. The minimum Gasteiger partial charge on any atom is -0.462 e. The summed E-state index contributed by atoms with van der Waals surface area (Å²) >= 11 is 0. The highest BCUT2D eigenvalue weighted by Gasteiger charge is 2.60. The number of aliphatic hydroxyl groups is 1. The molecule has 5 atom stereocenters. The molecule has 13 nitrogen and oxygen atoms in total. The van der Waals surface area contributed by atoms with Gasteiger partial charge in [-0.3, -0.25) is 18.7 Å². The molecule has 0 saturated carbocycles. The Labute approximate surface area is 268 Å². The second kappa shape index (κ2) is 14.0. The molecule has 1 fully saturated rings. The molecule has 0 radical (unpaired) electrons. The Kier molecular flexibility index (Phi) is 10.2. The van der Waals surface area contributed by atoms with Crippen LogP contribution in [0.3, 0.4) is 0 Å². The average molecular weight is 677 g/mol. The van der Waals surface area contributed by atoms with Crippen LogP contribution < -0.4 is 20.6 Å². The van der Waals surface area contributed by atoms with Gasteiger partial charge in [-0.25, -0.2) is 9.36 Å². The maximum Gasteiger partial charge on any atom is 0.459 e. The number of hydrogen-bond donors (Lipinski definition) is 3. The molecule has 1 aromatic heterocycles. The van der Waals surface area contributed by atoms with Crippen LogP contribution in [-0.2, 0) is 36.2 Å². The van der Waals surface area contributed by atoms with Crippen molar-refractivity contribution in [1.29, 1.82) is 0 Å². The lowest BCUT2D eigenvalue weighted by molar-refractivity contribution is -0.149. The third-order valence-corrected chi connectivity index (χ3v) is 9.14. The number of carbonyl (C=O) groups excluding carboxylic acids is 2. The number of aliphatic hydroxyl groups excluding tert-OH is 1. The topological polar surface area (TPSA) is 167 Å². The zero-order valence-electron chi connectivity index (χ0n) is 25.8. The fraction of sp³-hybridized carbons (Fsp3) is 0.419. The lowest BCUT2D eigenvalue weighted by atomic mass is 10.1. The Bertz CT molecular complexity index is 1720. The second-order valence-corrected chi connectivity index (χ2v) is 13.2. The van der Waals surface area contributed by atoms with E-state index in [2.05, 4.69) is 15.4 Å². The number of carbonyl (C=O) groups is 2. The number of aromatic nitrogens is 2. The predicted octanol–water partition coefficient (Wildman–Crippen LogP) is 4.01. The number of halogens is 2. The Hall–Kier alpha value is -4.01. The normalized spacial score (nSPS) is 21.9. The maximum atomic E-state index is 15.3. The first-order valence-electron chi connectivity index (χ1n) is 15.0. The number of esters is 1. The third-order valence-electron chi connectivity index (χ3n) is 7.50. The molecule has 252 valence electrons. The first-order chi connectivity index (χ1) is 22.3. The van der Waals surface area contributed by atoms with Crippen molar-refractivity contribution in [3.63, 3.8) is 0 Å². The second-order valence-electron chi connectivity index (χ2n) is 11.5. The van der Waals surface area contributed by atoms with Gasteiger partial charge in [0, 0.05) is 11.8 Å². The molecule has 1 aliphatic heterocycles. The zero-order valence-corrected chi connectivity index (χ0v) is 26.7. The van der Waals surface area contributed by atoms with Gasteiger partial charge in [0.1, 0.15) is 23.7 Å². The van der Waals surface area contributed by atoms with E-state index >= 15 is 8.78 Å². The number of nitrogens with one attached hydrogen (secondary N) is 2. The number of para-hydroxylation sites is 1. The number of benzene rings is 2. The van der Waals surface area contributed by atoms with Crippen molar-refractivity contribution in [2.24, 2.45) is 0 Å². The molecule has 1 saturated heterocycles. The van der Waals surface area contributed by atoms with E-state index in [0.717, 1.165) is 37.1 Å². The number of rotatable bonds is 12. The number of aryl methyl sites for hydroxylation is 2. The monoisotopic (exact) mass is 676 g/mol. The number of alkyl halides is 2. The highest BCUT2D eigenvalue weighted by Crippen LogP contribution is 2.48. The van der Waals surface area contributed by atoms with Crippen LogP contribution >= 0.6 is 7.75 Å². The molecule has 3 aromatic rings. The fourth-order valence-corrected chi connectivity index (χ4v) is 6.68. The highest BCUT2D eigenvalue weighted by atomic mass is 31.2. The molecule has 0 spiro atoms. The fourth-order valence-electron chi connectivity index (χ4n) is 5.17. The molecular formula is C31H35F2N4O9P. The molecular weight excluding hydrogens is 641 g/mol. The molecule has 2 aliphatic rings. The Morgan fingerprint density at radius 2 is 1.85 bits per heavy atom. The largest absolute Gasteiger partial charge is 0.462 e. The van der Waals surface area contributed by atoms with Gasteiger partial charge in [0.05, 0.1) is 12.7 Å². The molecule has 16 heteroatoms. The molecule has 47 heavy (non-hydrogen) atoms. The van der Waals surface area contributed by atoms with Crippen molar-refractivity contribution in [1.82, 2.24) is 14.6 Å². The van der Waals surface area contributed by atoms with Gasteiger partial charge in [-0.1, -0.05) is 24.3 Å². The summed E-state index contributed by atoms with van der Waals surface area (Å²) in [6.07, 6.45) is -3.35. The quantitative estimate of drug-likeness (QED) is 0.187. The SMILES string of the molecule is CC(C)OC(=O)[C@@H](C)NP(=O)(OC[C@H]1OC(n2ccc(NC(=O)c3ccc4c(c3)CCC4)nc2=O)C(F)(F)[C@@H]1O)Oc1ccccc1. The van der Waals surface area contributed by atoms with E-state index in [-0.39, 0.29) is 11.6 Å². The standard InChI is InChI=1S/C31H35F2N4O9P/c1-18(2)44-28(40)19(3)36-47(42,46-23-10-5-4-6-11-23)43-17-24-26(38)31(32,33)29(45-24)37-15-14-25(35-30(37)41)34-27(39)22-13-12-20-8-7-9-21(20)16-22/h4-6,10-16,18-19,24,26,29,38H,7-9,17H2,1-3H3,(H,36,42)(H,34,35,39,41)/t19-,24-,26-,29?,47?/m1/s1. The summed E-state index contributed by atoms with van der Waals surface area (Å²) in [7, 11) is -4.48. The Balaban J connectivity index is 1.28. The first-order valence-corrected chi connectivity index (χ1v) is 16.5. The highest BCUT2D eigenvalue weighted by molar-refractivity contribution is 7.52. The summed E-state index contributed by atoms with van der Waals surface area (Å²) in [5.74, 6) is -5.43. The van der Waals surface area contributed by atoms with Crippen molar-refractivity contribution >= 4 is 25.4 Å². The van der Waals surface area contributed by atoms with Crippen molar-refractivity contribution in [2.75, 3.05) is 11.9 Å². The van der Waals surface area contributed by atoms with Crippen LogP contribution in [0, 0.1) is 0 Å². The zero-order chi connectivity index (χ0) is 33.9. The summed E-state index contributed by atoms with van der Waals surface area (Å²) in [6, 6.07) is 13.0. The van der Waals surface area contributed by atoms with Gasteiger partial charge in [0.2, 0.25) is 6.23 Å². The van der Waals surface area contributed by atoms with Crippen LogP contribution in [0.15, 0.2) is 65.6 Å². The van der Waals surface area contributed by atoms with Gasteiger partial charge in [-0.15, -0.1) is 0 Å². The van der Waals surface area contributed by atoms with Crippen molar-refractivity contribution < 1.29 is 46.6 Å². The summed E-state index contributed by atoms with van der Waals surface area (Å²) < 4.78 is 66.1. The van der Waals surface area contributed by atoms with E-state index in [0.29, 0.717) is 10.1 Å². The summed E-state index contributed by atoms with van der Waals surface area (Å²) in [6.45, 7) is 3.69. The average Bonchev–Trinajstić information content (AvgIpc) is 3.57. The van der Waals surface area contributed by atoms with E-state index in [4.69, 9.17) is 18.5 Å². The number of ether oxygens (including phenoxy) is 2. The molecule has 2 unspecified atom stereocenters. The van der Waals surface area contributed by atoms with Crippen LogP contribution in [0.1, 0.15) is 54.9 Å².